The van der Waals surface area contributed by atoms with Crippen molar-refractivity contribution in [2.75, 3.05) is 0 Å². The Morgan fingerprint density at radius 3 is 2.15 bits per heavy atom. The van der Waals surface area contributed by atoms with Crippen LogP contribution in [-0.2, 0) is 12.4 Å². The molecule has 0 saturated carbocycles. The number of ether oxygens (including phenoxy) is 2. The Morgan fingerprint density at radius 2 is 1.50 bits per heavy atom. The molecule has 0 aliphatic rings. The second kappa shape index (κ2) is 10.6. The zero-order valence-corrected chi connectivity index (χ0v) is 22.4. The van der Waals surface area contributed by atoms with Crippen LogP contribution in [0.2, 0.25) is 15.1 Å². The van der Waals surface area contributed by atoms with E-state index in [0.717, 1.165) is 23.5 Å². The van der Waals surface area contributed by atoms with Crippen molar-refractivity contribution >= 4 is 56.4 Å². The maximum Gasteiger partial charge on any atom is 0.417 e. The average Bonchev–Trinajstić information content (AvgIpc) is 3.28. The van der Waals surface area contributed by atoms with Crippen LogP contribution in [0.5, 0.6) is 22.6 Å². The van der Waals surface area contributed by atoms with E-state index < -0.39 is 28.5 Å². The molecule has 0 saturated heterocycles. The molecular formula is C26H10Cl3F6N2O2S. The number of rotatable bonds is 5. The predicted octanol–water partition coefficient (Wildman–Crippen LogP) is 10.7. The van der Waals surface area contributed by atoms with E-state index in [-0.39, 0.29) is 32.4 Å². The minimum absolute atomic E-state index is 0.00873. The highest BCUT2D eigenvalue weighted by atomic mass is 35.5. The monoisotopic (exact) mass is 633 g/mol. The molecule has 0 atom stereocenters. The second-order valence-electron chi connectivity index (χ2n) is 8.05. The summed E-state index contributed by atoms with van der Waals surface area (Å²) in [5.41, 5.74) is -0.815. The normalized spacial score (nSPS) is 12.1. The van der Waals surface area contributed by atoms with Crippen LogP contribution in [0, 0.1) is 6.07 Å². The van der Waals surface area contributed by atoms with Crippen molar-refractivity contribution in [2.45, 2.75) is 12.4 Å². The van der Waals surface area contributed by atoms with Gasteiger partial charge in [-0.1, -0.05) is 58.3 Å². The number of nitrogens with zero attached hydrogens (tertiary/aromatic N) is 2. The molecule has 5 aromatic rings. The van der Waals surface area contributed by atoms with E-state index in [2.05, 4.69) is 16.0 Å². The molecule has 0 fully saturated rings. The summed E-state index contributed by atoms with van der Waals surface area (Å²) in [4.78, 5) is 7.75. The smallest absolute Gasteiger partial charge is 0.417 e. The van der Waals surface area contributed by atoms with Gasteiger partial charge in [0.05, 0.1) is 31.4 Å². The molecule has 14 heteroatoms. The number of aromatic nitrogens is 2. The van der Waals surface area contributed by atoms with Gasteiger partial charge in [-0.25, -0.2) is 9.97 Å². The van der Waals surface area contributed by atoms with E-state index in [1.165, 1.54) is 12.1 Å². The number of fused-ring (bicyclic) bond motifs is 1. The van der Waals surface area contributed by atoms with Gasteiger partial charge < -0.3 is 9.47 Å². The van der Waals surface area contributed by atoms with E-state index in [1.807, 2.05) is 0 Å². The average molecular weight is 635 g/mol. The van der Waals surface area contributed by atoms with Crippen LogP contribution in [0.15, 0.2) is 60.8 Å². The lowest BCUT2D eigenvalue weighted by molar-refractivity contribution is -0.138. The maximum absolute atomic E-state index is 13.0. The SMILES string of the molecule is FC(F)(F)c1cnc(Oc2c(Cl)c[c]c(-c3ccc(Oc4nc5cc(C(F)(F)F)ccc5s4)cc3)c2Cl)c(Cl)c1. The summed E-state index contributed by atoms with van der Waals surface area (Å²) >= 11 is 19.7. The highest BCUT2D eigenvalue weighted by Gasteiger charge is 2.32. The lowest BCUT2D eigenvalue weighted by Crippen LogP contribution is -2.06. The summed E-state index contributed by atoms with van der Waals surface area (Å²) in [5.74, 6) is -0.0852. The van der Waals surface area contributed by atoms with Gasteiger partial charge in [0, 0.05) is 11.8 Å². The van der Waals surface area contributed by atoms with E-state index in [1.54, 1.807) is 24.3 Å². The molecule has 2 aromatic heterocycles. The minimum atomic E-state index is -4.64. The number of pyridine rings is 1. The molecule has 4 nitrogen and oxygen atoms in total. The molecule has 0 aliphatic carbocycles. The van der Waals surface area contributed by atoms with Crippen molar-refractivity contribution in [1.82, 2.24) is 9.97 Å². The van der Waals surface area contributed by atoms with Crippen molar-refractivity contribution in [1.29, 1.82) is 0 Å². The van der Waals surface area contributed by atoms with Gasteiger partial charge in [0.2, 0.25) is 5.88 Å². The van der Waals surface area contributed by atoms with Gasteiger partial charge in [-0.3, -0.25) is 0 Å². The summed E-state index contributed by atoms with van der Waals surface area (Å²) in [7, 11) is 0. The quantitative estimate of drug-likeness (QED) is 0.181. The van der Waals surface area contributed by atoms with E-state index in [9.17, 15) is 26.3 Å². The summed E-state index contributed by atoms with van der Waals surface area (Å²) in [5, 5.41) is -0.251. The van der Waals surface area contributed by atoms with E-state index >= 15 is 0 Å². The molecule has 0 spiro atoms. The standard InChI is InChI=1S/C26H10Cl3F6N2O2S/c27-17-7-6-16(21(29)22(17)39-23-18(28)9-14(11-36-23)26(33,34)35)12-1-4-15(5-2-12)38-24-37-19-10-13(25(30,31)32)3-8-20(19)40-24/h1-5,7-11H. The fourth-order valence-corrected chi connectivity index (χ4v) is 5.02. The van der Waals surface area contributed by atoms with Gasteiger partial charge in [0.25, 0.3) is 5.19 Å². The summed E-state index contributed by atoms with van der Waals surface area (Å²) in [6, 6.07) is 14.6. The third-order valence-corrected chi connectivity index (χ3v) is 7.18. The second-order valence-corrected chi connectivity index (χ2v) is 10.2. The molecule has 205 valence electrons. The van der Waals surface area contributed by atoms with Crippen molar-refractivity contribution in [3.8, 4) is 33.7 Å². The van der Waals surface area contributed by atoms with Crippen LogP contribution in [0.4, 0.5) is 26.3 Å². The molecule has 5 rings (SSSR count). The Bertz CT molecular complexity index is 1720. The van der Waals surface area contributed by atoms with Crippen LogP contribution in [0.25, 0.3) is 21.3 Å². The molecule has 1 radical (unpaired) electrons. The molecule has 0 amide bonds. The molecular weight excluding hydrogens is 625 g/mol. The molecule has 0 aliphatic heterocycles. The Balaban J connectivity index is 1.37. The number of benzene rings is 3. The predicted molar refractivity (Wildman–Crippen MR) is 140 cm³/mol. The van der Waals surface area contributed by atoms with Gasteiger partial charge in [-0.2, -0.15) is 26.3 Å². The van der Waals surface area contributed by atoms with Crippen LogP contribution in [-0.4, -0.2) is 9.97 Å². The summed E-state index contributed by atoms with van der Waals surface area (Å²) < 4.78 is 89.5. The Kier molecular flexibility index (Phi) is 7.51. The fraction of sp³-hybridized carbons (Fsp3) is 0.0769. The highest BCUT2D eigenvalue weighted by Crippen LogP contribution is 2.44. The van der Waals surface area contributed by atoms with Crippen LogP contribution in [0.3, 0.4) is 0 Å². The van der Waals surface area contributed by atoms with Gasteiger partial charge in [0.15, 0.2) is 5.75 Å². The van der Waals surface area contributed by atoms with Crippen LogP contribution in [0.1, 0.15) is 11.1 Å². The first kappa shape index (κ1) is 28.3. The Morgan fingerprint density at radius 1 is 0.800 bits per heavy atom. The van der Waals surface area contributed by atoms with Gasteiger partial charge >= 0.3 is 12.4 Å². The zero-order chi connectivity index (χ0) is 28.8. The molecule has 0 bridgehead atoms. The van der Waals surface area contributed by atoms with E-state index in [0.29, 0.717) is 33.8 Å². The number of hydrogen-bond donors (Lipinski definition) is 0. The number of halogens is 9. The molecule has 2 heterocycles. The maximum atomic E-state index is 13.0. The highest BCUT2D eigenvalue weighted by molar-refractivity contribution is 7.20. The third-order valence-electron chi connectivity index (χ3n) is 5.36. The summed E-state index contributed by atoms with van der Waals surface area (Å²) in [6.07, 6.45) is -8.56. The van der Waals surface area contributed by atoms with Crippen LogP contribution >= 0.6 is 46.1 Å². The lowest BCUT2D eigenvalue weighted by atomic mass is 10.1. The van der Waals surface area contributed by atoms with Crippen molar-refractivity contribution in [3.63, 3.8) is 0 Å². The topological polar surface area (TPSA) is 44.2 Å². The lowest BCUT2D eigenvalue weighted by Gasteiger charge is -2.14. The number of alkyl halides is 6. The first-order valence-corrected chi connectivity index (χ1v) is 12.8. The summed E-state index contributed by atoms with van der Waals surface area (Å²) in [6.45, 7) is 0. The minimum Gasteiger partial charge on any atom is -0.434 e. The van der Waals surface area contributed by atoms with Crippen molar-refractivity contribution in [2.24, 2.45) is 0 Å². The van der Waals surface area contributed by atoms with Crippen LogP contribution < -0.4 is 9.47 Å². The Labute approximate surface area is 240 Å². The largest absolute Gasteiger partial charge is 0.434 e. The molecule has 40 heavy (non-hydrogen) atoms. The fourth-order valence-electron chi connectivity index (χ4n) is 3.46. The third kappa shape index (κ3) is 5.92. The van der Waals surface area contributed by atoms with Crippen molar-refractivity contribution in [3.05, 3.63) is 93.1 Å². The first-order chi connectivity index (χ1) is 18.8. The van der Waals surface area contributed by atoms with E-state index in [4.69, 9.17) is 44.3 Å². The van der Waals surface area contributed by atoms with Gasteiger partial charge in [-0.15, -0.1) is 0 Å². The first-order valence-electron chi connectivity index (χ1n) is 10.9. The Hall–Kier alpha value is -3.25. The van der Waals surface area contributed by atoms with Gasteiger partial charge in [-0.05, 0) is 54.1 Å². The number of thiazole rings is 1. The van der Waals surface area contributed by atoms with Crippen molar-refractivity contribution < 1.29 is 35.8 Å². The number of hydrogen-bond acceptors (Lipinski definition) is 5. The molecule has 0 N–H and O–H groups in total. The zero-order valence-electron chi connectivity index (χ0n) is 19.3. The molecule has 3 aromatic carbocycles. The van der Waals surface area contributed by atoms with Gasteiger partial charge in [0.1, 0.15) is 10.8 Å². The molecule has 0 unspecified atom stereocenters.